The Morgan fingerprint density at radius 2 is 1.08 bits per heavy atom. The van der Waals surface area contributed by atoms with E-state index in [0.717, 1.165) is 113 Å². The number of piperazine rings is 2. The molecule has 2 saturated heterocycles. The molecule has 358 valence electrons. The Balaban J connectivity index is 0.000000147. The van der Waals surface area contributed by atoms with Crippen molar-refractivity contribution in [2.45, 2.75) is 70.3 Å². The number of hydrogen-bond donors (Lipinski definition) is 5. The first-order valence-electron chi connectivity index (χ1n) is 22.5. The number of benzene rings is 4. The van der Waals surface area contributed by atoms with Crippen LogP contribution < -0.4 is 25.8 Å². The molecule has 5 aliphatic rings. The highest BCUT2D eigenvalue weighted by Crippen LogP contribution is 2.45. The van der Waals surface area contributed by atoms with Crippen molar-refractivity contribution < 1.29 is 46.8 Å². The van der Waals surface area contributed by atoms with Gasteiger partial charge in [0.25, 0.3) is 0 Å². The molecule has 5 fully saturated rings. The lowest BCUT2D eigenvalue weighted by Gasteiger charge is -2.30. The predicted molar refractivity (Wildman–Crippen MR) is 253 cm³/mol. The van der Waals surface area contributed by atoms with Crippen LogP contribution in [0.3, 0.4) is 0 Å². The van der Waals surface area contributed by atoms with Crippen molar-refractivity contribution in [3.8, 4) is 0 Å². The number of ether oxygens (including phenoxy) is 2. The van der Waals surface area contributed by atoms with Crippen molar-refractivity contribution in [3.05, 3.63) is 127 Å². The average Bonchev–Trinajstić information content (AvgIpc) is 4.15. The molecule has 0 spiro atoms. The van der Waals surface area contributed by atoms with Crippen LogP contribution in [0.1, 0.15) is 86.0 Å². The van der Waals surface area contributed by atoms with E-state index in [1.54, 1.807) is 42.5 Å². The van der Waals surface area contributed by atoms with Crippen molar-refractivity contribution in [1.82, 2.24) is 16.0 Å². The number of halogens is 6. The molecule has 11 nitrogen and oxygen atoms in total. The summed E-state index contributed by atoms with van der Waals surface area (Å²) in [5, 5.41) is 28.9. The van der Waals surface area contributed by atoms with E-state index in [4.69, 9.17) is 4.74 Å². The van der Waals surface area contributed by atoms with Crippen LogP contribution in [0.4, 0.5) is 33.7 Å². The van der Waals surface area contributed by atoms with E-state index in [0.29, 0.717) is 44.6 Å². The maximum Gasteiger partial charge on any atom is 0.407 e. The predicted octanol–water partition coefficient (Wildman–Crippen LogP) is 9.40. The molecule has 3 aliphatic carbocycles. The third-order valence-electron chi connectivity index (χ3n) is 11.9. The number of carbonyl (C=O) groups excluding carboxylic acids is 2. The van der Waals surface area contributed by atoms with Gasteiger partial charge in [0.1, 0.15) is 29.4 Å². The standard InChI is InChI=1S/C14H19FN2O.C13H18FN3O2.C12H12BrFO2.C10H10BrFO/c15-12-4-3-11(14(18)10-1-2-10)9-13(12)17-7-5-16-6-8-17;1-19-13(18)16-9-10-2-3-11(14)12(8-10)17-6-4-15-5-7-17;1-7(15)16-12(8-2-3-8)9-4-5-11(14)10(13)6-9;11-8-5-7(3-4-9(8)12)10(13)6-1-2-6/h3-4,9-10,14,16,18H,1-2,5-8H2;2-3,8,15H,4-7,9H2,1H3,(H,16,18);4-6,8,12H,2-3H2,1H3;3-6,10,13H,1-2H2/t14-;;12-;/m1.1./s1. The highest BCUT2D eigenvalue weighted by Gasteiger charge is 2.35. The van der Waals surface area contributed by atoms with Crippen molar-refractivity contribution in [2.24, 2.45) is 17.8 Å². The molecule has 1 unspecified atom stereocenters. The summed E-state index contributed by atoms with van der Waals surface area (Å²) in [5.74, 6) is -0.150. The highest BCUT2D eigenvalue weighted by molar-refractivity contribution is 9.10. The molecule has 3 atom stereocenters. The molecule has 5 N–H and O–H groups in total. The van der Waals surface area contributed by atoms with Gasteiger partial charge in [0.05, 0.1) is 39.6 Å². The topological polar surface area (TPSA) is 136 Å². The summed E-state index contributed by atoms with van der Waals surface area (Å²) < 4.78 is 64.3. The van der Waals surface area contributed by atoms with Crippen LogP contribution in [0.2, 0.25) is 0 Å². The van der Waals surface area contributed by atoms with Crippen LogP contribution in [0, 0.1) is 41.0 Å². The van der Waals surface area contributed by atoms with Gasteiger partial charge in [-0.05, 0) is 153 Å². The van der Waals surface area contributed by atoms with Gasteiger partial charge in [0, 0.05) is 71.7 Å². The van der Waals surface area contributed by atoms with Gasteiger partial charge in [-0.15, -0.1) is 0 Å². The van der Waals surface area contributed by atoms with Crippen molar-refractivity contribution in [1.29, 1.82) is 0 Å². The largest absolute Gasteiger partial charge is 0.457 e. The summed E-state index contributed by atoms with van der Waals surface area (Å²) in [4.78, 5) is 26.1. The second kappa shape index (κ2) is 24.7. The molecule has 9 rings (SSSR count). The SMILES string of the molecule is CC(=O)O[C@@H](c1ccc(F)c(Br)c1)C1CC1.COC(=O)NCc1ccc(F)c(N2CCNCC2)c1.OC(c1ccc(F)c(Br)c1)C1CC1.O[C@@H](c1ccc(F)c(N2CCNCC2)c1)C1CC1. The highest BCUT2D eigenvalue weighted by atomic mass is 79.9. The summed E-state index contributed by atoms with van der Waals surface area (Å²) in [5.41, 5.74) is 4.58. The van der Waals surface area contributed by atoms with Crippen molar-refractivity contribution >= 4 is 55.3 Å². The number of methoxy groups -OCH3 is 1. The molecule has 0 aromatic heterocycles. The number of hydrogen-bond acceptors (Lipinski definition) is 10. The first kappa shape index (κ1) is 51.1. The Labute approximate surface area is 400 Å². The second-order valence-electron chi connectivity index (χ2n) is 17.1. The summed E-state index contributed by atoms with van der Waals surface area (Å²) in [6.45, 7) is 8.40. The summed E-state index contributed by atoms with van der Waals surface area (Å²) in [7, 11) is 1.31. The molecule has 4 aromatic rings. The molecular formula is C49H59Br2F4N5O6. The number of carbonyl (C=O) groups is 2. The van der Waals surface area contributed by atoms with Crippen LogP contribution in [0.15, 0.2) is 81.7 Å². The Kier molecular flexibility index (Phi) is 19.1. The molecule has 0 bridgehead atoms. The zero-order chi connectivity index (χ0) is 47.3. The average molecular weight is 1050 g/mol. The zero-order valence-electron chi connectivity index (χ0n) is 37.2. The molecule has 2 aliphatic heterocycles. The molecule has 1 amide bonds. The van der Waals surface area contributed by atoms with Gasteiger partial charge in [0.15, 0.2) is 0 Å². The number of aliphatic hydroxyl groups is 2. The van der Waals surface area contributed by atoms with E-state index in [-0.39, 0.29) is 35.3 Å². The summed E-state index contributed by atoms with van der Waals surface area (Å²) >= 11 is 6.23. The first-order chi connectivity index (χ1) is 31.7. The van der Waals surface area contributed by atoms with Crippen molar-refractivity contribution in [2.75, 3.05) is 69.3 Å². The van der Waals surface area contributed by atoms with E-state index in [9.17, 15) is 37.4 Å². The first-order valence-corrected chi connectivity index (χ1v) is 24.0. The van der Waals surface area contributed by atoms with E-state index in [1.165, 1.54) is 38.3 Å². The normalized spacial score (nSPS) is 18.2. The van der Waals surface area contributed by atoms with E-state index < -0.39 is 18.3 Å². The number of aliphatic hydroxyl groups excluding tert-OH is 2. The minimum absolute atomic E-state index is 0.191. The molecule has 2 heterocycles. The van der Waals surface area contributed by atoms with Gasteiger partial charge in [0.2, 0.25) is 0 Å². The smallest absolute Gasteiger partial charge is 0.407 e. The summed E-state index contributed by atoms with van der Waals surface area (Å²) in [6.07, 6.45) is 4.89. The van der Waals surface area contributed by atoms with Gasteiger partial charge < -0.3 is 45.4 Å². The van der Waals surface area contributed by atoms with Crippen LogP contribution in [-0.4, -0.2) is 81.7 Å². The van der Waals surface area contributed by atoms with Crippen LogP contribution in [0.5, 0.6) is 0 Å². The van der Waals surface area contributed by atoms with Gasteiger partial charge in [-0.25, -0.2) is 22.4 Å². The molecule has 0 radical (unpaired) electrons. The molecular weight excluding hydrogens is 990 g/mol. The molecule has 66 heavy (non-hydrogen) atoms. The lowest BCUT2D eigenvalue weighted by Crippen LogP contribution is -2.43. The number of nitrogens with one attached hydrogen (secondary N) is 3. The second-order valence-corrected chi connectivity index (χ2v) is 18.8. The monoisotopic (exact) mass is 1050 g/mol. The Bertz CT molecular complexity index is 2240. The van der Waals surface area contributed by atoms with Gasteiger partial charge >= 0.3 is 12.1 Å². The van der Waals surface area contributed by atoms with E-state index in [1.807, 2.05) is 11.0 Å². The maximum absolute atomic E-state index is 13.9. The van der Waals surface area contributed by atoms with Crippen molar-refractivity contribution in [3.63, 3.8) is 0 Å². The maximum atomic E-state index is 13.9. The zero-order valence-corrected chi connectivity index (χ0v) is 40.4. The number of alkyl carbamates (subject to hydrolysis) is 1. The van der Waals surface area contributed by atoms with Gasteiger partial charge in [-0.2, -0.15) is 0 Å². The molecule has 4 aromatic carbocycles. The Morgan fingerprint density at radius 3 is 1.53 bits per heavy atom. The fraction of sp³-hybridized carbons (Fsp3) is 0.469. The van der Waals surface area contributed by atoms with Gasteiger partial charge in [-0.1, -0.05) is 24.3 Å². The van der Waals surface area contributed by atoms with E-state index in [2.05, 4.69) is 57.4 Å². The number of rotatable bonds is 11. The van der Waals surface area contributed by atoms with E-state index >= 15 is 0 Å². The number of esters is 1. The van der Waals surface area contributed by atoms with Gasteiger partial charge in [-0.3, -0.25) is 4.79 Å². The molecule has 17 heteroatoms. The number of anilines is 2. The minimum atomic E-state index is -0.493. The summed E-state index contributed by atoms with van der Waals surface area (Å²) in [6, 6.07) is 19.3. The van der Waals surface area contributed by atoms with Crippen LogP contribution >= 0.6 is 31.9 Å². The fourth-order valence-electron chi connectivity index (χ4n) is 7.69. The number of nitrogens with zero attached hydrogens (tertiary/aromatic N) is 2. The third-order valence-corrected chi connectivity index (χ3v) is 13.1. The Morgan fingerprint density at radius 1 is 0.652 bits per heavy atom. The number of amides is 1. The van der Waals surface area contributed by atoms with Crippen LogP contribution in [0.25, 0.3) is 0 Å². The quantitative estimate of drug-likeness (QED) is 0.0731. The van der Waals surface area contributed by atoms with Crippen LogP contribution in [-0.2, 0) is 20.8 Å². The fourth-order valence-corrected chi connectivity index (χ4v) is 8.49. The Hall–Kier alpha value is -4.26. The lowest BCUT2D eigenvalue weighted by molar-refractivity contribution is -0.147. The molecule has 3 saturated carbocycles. The third kappa shape index (κ3) is 15.4. The lowest BCUT2D eigenvalue weighted by atomic mass is 10.0. The minimum Gasteiger partial charge on any atom is -0.457 e.